The first kappa shape index (κ1) is 12.5. The van der Waals surface area contributed by atoms with E-state index < -0.39 is 11.9 Å². The summed E-state index contributed by atoms with van der Waals surface area (Å²) >= 11 is 0. The van der Waals surface area contributed by atoms with Crippen LogP contribution in [-0.2, 0) is 4.79 Å². The Morgan fingerprint density at radius 3 is 2.64 bits per heavy atom. The molecule has 0 saturated carbocycles. The minimum absolute atomic E-state index is 0.0448. The fraction of sp³-hybridized carbons (Fsp3) is 0.556. The summed E-state index contributed by atoms with van der Waals surface area (Å²) < 4.78 is 0. The van der Waals surface area contributed by atoms with Gasteiger partial charge >= 0.3 is 6.03 Å². The molecule has 1 atom stereocenters. The van der Waals surface area contributed by atoms with Gasteiger partial charge in [0.2, 0.25) is 5.91 Å². The number of rotatable bonds is 5. The zero-order chi connectivity index (χ0) is 11.0. The number of terminal acetylenes is 1. The summed E-state index contributed by atoms with van der Waals surface area (Å²) in [7, 11) is 0. The van der Waals surface area contributed by atoms with E-state index >= 15 is 0 Å². The van der Waals surface area contributed by atoms with Gasteiger partial charge in [-0.25, -0.2) is 4.79 Å². The molecule has 0 saturated heterocycles. The van der Waals surface area contributed by atoms with Gasteiger partial charge < -0.3 is 11.1 Å². The third-order valence-corrected chi connectivity index (χ3v) is 1.67. The number of hydrogen-bond acceptors (Lipinski definition) is 3. The van der Waals surface area contributed by atoms with Gasteiger partial charge in [0.05, 0.1) is 6.54 Å². The van der Waals surface area contributed by atoms with Crippen LogP contribution >= 0.6 is 0 Å². The molecule has 0 radical (unpaired) electrons. The van der Waals surface area contributed by atoms with E-state index in [9.17, 15) is 9.59 Å². The first-order valence-corrected chi connectivity index (χ1v) is 4.36. The Hall–Kier alpha value is -1.54. The van der Waals surface area contributed by atoms with Crippen LogP contribution in [0, 0.1) is 12.3 Å². The SMILES string of the molecule is C#CCC(CC)NCC(=O)NC(N)=O. The van der Waals surface area contributed by atoms with E-state index in [-0.39, 0.29) is 12.6 Å². The lowest BCUT2D eigenvalue weighted by Crippen LogP contribution is -2.43. The Labute approximate surface area is 83.4 Å². The summed E-state index contributed by atoms with van der Waals surface area (Å²) in [6, 6.07) is -0.750. The Bertz CT molecular complexity index is 245. The maximum Gasteiger partial charge on any atom is 0.318 e. The predicted octanol–water partition coefficient (Wildman–Crippen LogP) is -0.427. The van der Waals surface area contributed by atoms with E-state index in [1.807, 2.05) is 12.2 Å². The molecule has 0 fully saturated rings. The highest BCUT2D eigenvalue weighted by Gasteiger charge is 2.07. The van der Waals surface area contributed by atoms with Crippen molar-refractivity contribution in [3.8, 4) is 12.3 Å². The summed E-state index contributed by atoms with van der Waals surface area (Å²) in [5.41, 5.74) is 4.76. The number of carbonyl (C=O) groups excluding carboxylic acids is 2. The number of hydrogen-bond donors (Lipinski definition) is 3. The molecule has 0 aliphatic rings. The number of nitrogens with two attached hydrogens (primary N) is 1. The maximum atomic E-state index is 11.0. The normalized spacial score (nSPS) is 11.4. The third kappa shape index (κ3) is 6.03. The zero-order valence-corrected chi connectivity index (χ0v) is 8.17. The van der Waals surface area contributed by atoms with Crippen molar-refractivity contribution in [3.05, 3.63) is 0 Å². The van der Waals surface area contributed by atoms with Gasteiger partial charge in [0.1, 0.15) is 0 Å². The lowest BCUT2D eigenvalue weighted by atomic mass is 10.1. The molecule has 0 rings (SSSR count). The smallest absolute Gasteiger partial charge is 0.318 e. The Morgan fingerprint density at radius 1 is 1.57 bits per heavy atom. The number of amides is 3. The second-order valence-electron chi connectivity index (χ2n) is 2.81. The van der Waals surface area contributed by atoms with Crippen molar-refractivity contribution in [1.82, 2.24) is 10.6 Å². The molecule has 0 aromatic carbocycles. The van der Waals surface area contributed by atoms with Crippen LogP contribution in [0.25, 0.3) is 0 Å². The van der Waals surface area contributed by atoms with Gasteiger partial charge in [-0.2, -0.15) is 0 Å². The summed E-state index contributed by atoms with van der Waals surface area (Å²) in [5.74, 6) is 2.05. The van der Waals surface area contributed by atoms with E-state index in [1.165, 1.54) is 0 Å². The quantitative estimate of drug-likeness (QED) is 0.523. The largest absolute Gasteiger partial charge is 0.351 e. The molecule has 5 nitrogen and oxygen atoms in total. The fourth-order valence-electron chi connectivity index (χ4n) is 0.922. The first-order chi connectivity index (χ1) is 6.60. The van der Waals surface area contributed by atoms with Gasteiger partial charge in [-0.1, -0.05) is 6.92 Å². The molecule has 3 amide bonds. The molecule has 4 N–H and O–H groups in total. The molecular formula is C9H15N3O2. The number of nitrogens with one attached hydrogen (secondary N) is 2. The summed E-state index contributed by atoms with van der Waals surface area (Å²) in [6.45, 7) is 2.00. The molecule has 0 spiro atoms. The molecule has 1 unspecified atom stereocenters. The number of urea groups is 1. The van der Waals surface area contributed by atoms with Gasteiger partial charge in [-0.05, 0) is 6.42 Å². The number of carbonyl (C=O) groups is 2. The Kier molecular flexibility index (Phi) is 6.16. The molecular weight excluding hydrogens is 182 g/mol. The Balaban J connectivity index is 3.74. The van der Waals surface area contributed by atoms with Crippen molar-refractivity contribution in [3.63, 3.8) is 0 Å². The number of imide groups is 1. The minimum atomic E-state index is -0.846. The van der Waals surface area contributed by atoms with Crippen molar-refractivity contribution in [1.29, 1.82) is 0 Å². The highest BCUT2D eigenvalue weighted by Crippen LogP contribution is 1.94. The van der Waals surface area contributed by atoms with Gasteiger partial charge in [0, 0.05) is 12.5 Å². The summed E-state index contributed by atoms with van der Waals surface area (Å²) in [6.07, 6.45) is 6.51. The van der Waals surface area contributed by atoms with Crippen molar-refractivity contribution in [2.45, 2.75) is 25.8 Å². The van der Waals surface area contributed by atoms with E-state index in [2.05, 4.69) is 11.2 Å². The third-order valence-electron chi connectivity index (χ3n) is 1.67. The molecule has 14 heavy (non-hydrogen) atoms. The average Bonchev–Trinajstić information content (AvgIpc) is 2.11. The molecule has 5 heteroatoms. The molecule has 0 aromatic rings. The number of primary amides is 1. The summed E-state index contributed by atoms with van der Waals surface area (Å²) in [4.78, 5) is 21.2. The van der Waals surface area contributed by atoms with Gasteiger partial charge in [-0.3, -0.25) is 10.1 Å². The minimum Gasteiger partial charge on any atom is -0.351 e. The monoisotopic (exact) mass is 197 g/mol. The Morgan fingerprint density at radius 2 is 2.21 bits per heavy atom. The molecule has 78 valence electrons. The van der Waals surface area contributed by atoms with Crippen LogP contribution in [0.5, 0.6) is 0 Å². The molecule has 0 bridgehead atoms. The van der Waals surface area contributed by atoms with Crippen LogP contribution in [0.2, 0.25) is 0 Å². The molecule has 0 heterocycles. The van der Waals surface area contributed by atoms with E-state index in [0.29, 0.717) is 6.42 Å². The van der Waals surface area contributed by atoms with Crippen LogP contribution in [0.15, 0.2) is 0 Å². The van der Waals surface area contributed by atoms with E-state index in [4.69, 9.17) is 12.2 Å². The van der Waals surface area contributed by atoms with Crippen LogP contribution < -0.4 is 16.4 Å². The lowest BCUT2D eigenvalue weighted by molar-refractivity contribution is -0.119. The predicted molar refractivity (Wildman–Crippen MR) is 53.3 cm³/mol. The van der Waals surface area contributed by atoms with Crippen LogP contribution in [-0.4, -0.2) is 24.5 Å². The zero-order valence-electron chi connectivity index (χ0n) is 8.17. The fourth-order valence-corrected chi connectivity index (χ4v) is 0.922. The van der Waals surface area contributed by atoms with Crippen LogP contribution in [0.4, 0.5) is 4.79 Å². The highest BCUT2D eigenvalue weighted by atomic mass is 16.2. The van der Waals surface area contributed by atoms with Crippen molar-refractivity contribution < 1.29 is 9.59 Å². The average molecular weight is 197 g/mol. The van der Waals surface area contributed by atoms with Crippen LogP contribution in [0.1, 0.15) is 19.8 Å². The molecule has 0 aromatic heterocycles. The van der Waals surface area contributed by atoms with Crippen molar-refractivity contribution in [2.24, 2.45) is 5.73 Å². The second-order valence-corrected chi connectivity index (χ2v) is 2.81. The van der Waals surface area contributed by atoms with Gasteiger partial charge in [0.25, 0.3) is 0 Å². The molecule has 0 aliphatic heterocycles. The van der Waals surface area contributed by atoms with Crippen molar-refractivity contribution >= 4 is 11.9 Å². The highest BCUT2D eigenvalue weighted by molar-refractivity contribution is 5.94. The van der Waals surface area contributed by atoms with Gasteiger partial charge in [0.15, 0.2) is 0 Å². The standard InChI is InChI=1S/C9H15N3O2/c1-3-5-7(4-2)11-6-8(13)12-9(10)14/h1,7,11H,4-6H2,2H3,(H3,10,12,13,14). The maximum absolute atomic E-state index is 11.0. The van der Waals surface area contributed by atoms with Gasteiger partial charge in [-0.15, -0.1) is 12.3 Å². The lowest BCUT2D eigenvalue weighted by Gasteiger charge is -2.12. The van der Waals surface area contributed by atoms with Crippen LogP contribution in [0.3, 0.4) is 0 Å². The first-order valence-electron chi connectivity index (χ1n) is 4.36. The second kappa shape index (κ2) is 6.92. The molecule has 0 aliphatic carbocycles. The van der Waals surface area contributed by atoms with E-state index in [0.717, 1.165) is 6.42 Å². The van der Waals surface area contributed by atoms with Crippen molar-refractivity contribution in [2.75, 3.05) is 6.54 Å². The van der Waals surface area contributed by atoms with E-state index in [1.54, 1.807) is 0 Å². The summed E-state index contributed by atoms with van der Waals surface area (Å²) in [5, 5.41) is 4.86. The topological polar surface area (TPSA) is 84.2 Å².